The highest BCUT2D eigenvalue weighted by atomic mass is 35.5. The normalized spacial score (nSPS) is 10.2. The second kappa shape index (κ2) is 5.62. The average molecular weight is 295 g/mol. The number of nitrogens with two attached hydrogens (primary N) is 1. The Kier molecular flexibility index (Phi) is 3.90. The van der Waals surface area contributed by atoms with Gasteiger partial charge in [-0.05, 0) is 18.2 Å². The zero-order chi connectivity index (χ0) is 14.7. The number of aromatic nitrogens is 2. The van der Waals surface area contributed by atoms with Crippen LogP contribution in [0.3, 0.4) is 0 Å². The first-order chi connectivity index (χ1) is 9.45. The van der Waals surface area contributed by atoms with Crippen LogP contribution < -0.4 is 22.3 Å². The molecule has 0 aliphatic carbocycles. The first-order valence-electron chi connectivity index (χ1n) is 5.60. The molecule has 1 heterocycles. The van der Waals surface area contributed by atoms with Crippen molar-refractivity contribution >= 4 is 28.9 Å². The Hall–Kier alpha value is -2.54. The van der Waals surface area contributed by atoms with Crippen molar-refractivity contribution in [3.63, 3.8) is 0 Å². The third-order valence-electron chi connectivity index (χ3n) is 2.50. The molecule has 2 rings (SSSR count). The van der Waals surface area contributed by atoms with Gasteiger partial charge in [0.1, 0.15) is 6.54 Å². The fourth-order valence-electron chi connectivity index (χ4n) is 1.55. The summed E-state index contributed by atoms with van der Waals surface area (Å²) < 4.78 is 1.07. The Morgan fingerprint density at radius 1 is 1.35 bits per heavy atom. The van der Waals surface area contributed by atoms with E-state index < -0.39 is 17.2 Å². The summed E-state index contributed by atoms with van der Waals surface area (Å²) in [5.74, 6) is -0.465. The van der Waals surface area contributed by atoms with Crippen LogP contribution in [-0.4, -0.2) is 15.5 Å². The third kappa shape index (κ3) is 3.27. The van der Waals surface area contributed by atoms with E-state index in [1.54, 1.807) is 12.1 Å². The fourth-order valence-corrected chi connectivity index (χ4v) is 1.72. The predicted molar refractivity (Wildman–Crippen MR) is 75.8 cm³/mol. The molecule has 0 unspecified atom stereocenters. The van der Waals surface area contributed by atoms with E-state index in [9.17, 15) is 14.4 Å². The van der Waals surface area contributed by atoms with Gasteiger partial charge in [0.15, 0.2) is 0 Å². The van der Waals surface area contributed by atoms with Gasteiger partial charge in [0, 0.05) is 17.3 Å². The summed E-state index contributed by atoms with van der Waals surface area (Å²) in [7, 11) is 0. The molecule has 0 atom stereocenters. The van der Waals surface area contributed by atoms with Gasteiger partial charge < -0.3 is 11.1 Å². The quantitative estimate of drug-likeness (QED) is 0.712. The molecule has 0 saturated heterocycles. The number of nitrogens with one attached hydrogen (secondary N) is 2. The summed E-state index contributed by atoms with van der Waals surface area (Å²) in [6.07, 6.45) is 1.24. The Labute approximate surface area is 118 Å². The van der Waals surface area contributed by atoms with E-state index in [0.29, 0.717) is 16.4 Å². The molecule has 2 aromatic rings. The summed E-state index contributed by atoms with van der Waals surface area (Å²) in [6.45, 7) is -0.248. The van der Waals surface area contributed by atoms with Crippen LogP contribution in [0.4, 0.5) is 11.4 Å². The molecule has 104 valence electrons. The van der Waals surface area contributed by atoms with Crippen LogP contribution in [-0.2, 0) is 11.3 Å². The summed E-state index contributed by atoms with van der Waals surface area (Å²) in [4.78, 5) is 36.2. The smallest absolute Gasteiger partial charge is 0.328 e. The van der Waals surface area contributed by atoms with Crippen molar-refractivity contribution in [1.82, 2.24) is 9.55 Å². The second-order valence-electron chi connectivity index (χ2n) is 4.02. The minimum atomic E-state index is -0.660. The third-order valence-corrected chi connectivity index (χ3v) is 2.74. The highest BCUT2D eigenvalue weighted by molar-refractivity contribution is 6.31. The molecule has 0 aliphatic rings. The Morgan fingerprint density at radius 2 is 2.10 bits per heavy atom. The van der Waals surface area contributed by atoms with Crippen molar-refractivity contribution in [2.75, 3.05) is 11.1 Å². The molecule has 0 radical (unpaired) electrons. The number of benzene rings is 1. The average Bonchev–Trinajstić information content (AvgIpc) is 2.37. The van der Waals surface area contributed by atoms with Gasteiger partial charge in [-0.3, -0.25) is 19.1 Å². The van der Waals surface area contributed by atoms with Crippen LogP contribution in [0.1, 0.15) is 0 Å². The maximum absolute atomic E-state index is 11.8. The van der Waals surface area contributed by atoms with Crippen LogP contribution >= 0.6 is 11.6 Å². The number of H-pyrrole nitrogens is 1. The molecule has 20 heavy (non-hydrogen) atoms. The van der Waals surface area contributed by atoms with E-state index in [0.717, 1.165) is 10.6 Å². The summed E-state index contributed by atoms with van der Waals surface area (Å²) in [5.41, 5.74) is 5.23. The molecular formula is C12H11ClN4O3. The number of hydrogen-bond acceptors (Lipinski definition) is 4. The SMILES string of the molecule is Nc1ccc(Cl)cc1NC(=O)Cn1ccc(=O)[nH]c1=O. The molecule has 7 nitrogen and oxygen atoms in total. The maximum Gasteiger partial charge on any atom is 0.328 e. The van der Waals surface area contributed by atoms with Gasteiger partial charge in [-0.1, -0.05) is 11.6 Å². The minimum absolute atomic E-state index is 0.248. The molecule has 1 aromatic carbocycles. The van der Waals surface area contributed by atoms with E-state index >= 15 is 0 Å². The van der Waals surface area contributed by atoms with Gasteiger partial charge in [-0.2, -0.15) is 0 Å². The number of rotatable bonds is 3. The number of carbonyl (C=O) groups is 1. The summed E-state index contributed by atoms with van der Waals surface area (Å²) in [6, 6.07) is 5.82. The molecule has 0 fully saturated rings. The van der Waals surface area contributed by atoms with Gasteiger partial charge >= 0.3 is 5.69 Å². The topological polar surface area (TPSA) is 110 Å². The largest absolute Gasteiger partial charge is 0.397 e. The summed E-state index contributed by atoms with van der Waals surface area (Å²) in [5, 5.41) is 2.97. The molecule has 0 bridgehead atoms. The lowest BCUT2D eigenvalue weighted by atomic mass is 10.2. The van der Waals surface area contributed by atoms with Crippen LogP contribution in [0.2, 0.25) is 5.02 Å². The minimum Gasteiger partial charge on any atom is -0.397 e. The van der Waals surface area contributed by atoms with E-state index in [4.69, 9.17) is 17.3 Å². The van der Waals surface area contributed by atoms with E-state index in [1.165, 1.54) is 12.3 Å². The van der Waals surface area contributed by atoms with Crippen molar-refractivity contribution < 1.29 is 4.79 Å². The Balaban J connectivity index is 2.15. The lowest BCUT2D eigenvalue weighted by Gasteiger charge is -2.09. The van der Waals surface area contributed by atoms with Crippen molar-refractivity contribution in [2.24, 2.45) is 0 Å². The number of carbonyl (C=O) groups excluding carboxylic acids is 1. The highest BCUT2D eigenvalue weighted by Crippen LogP contribution is 2.22. The standard InChI is InChI=1S/C12H11ClN4O3/c13-7-1-2-8(14)9(5-7)15-11(19)6-17-4-3-10(18)16-12(17)20/h1-5H,6,14H2,(H,15,19)(H,16,18,20). The number of aromatic amines is 1. The number of halogens is 1. The molecule has 8 heteroatoms. The van der Waals surface area contributed by atoms with Gasteiger partial charge in [0.05, 0.1) is 11.4 Å². The van der Waals surface area contributed by atoms with Crippen LogP contribution in [0, 0.1) is 0 Å². The van der Waals surface area contributed by atoms with E-state index in [-0.39, 0.29) is 6.54 Å². The van der Waals surface area contributed by atoms with Crippen molar-refractivity contribution in [2.45, 2.75) is 6.54 Å². The fraction of sp³-hybridized carbons (Fsp3) is 0.0833. The molecule has 4 N–H and O–H groups in total. The van der Waals surface area contributed by atoms with Crippen LogP contribution in [0.5, 0.6) is 0 Å². The molecular weight excluding hydrogens is 284 g/mol. The Bertz CT molecular complexity index is 766. The highest BCUT2D eigenvalue weighted by Gasteiger charge is 2.08. The predicted octanol–water partition coefficient (Wildman–Crippen LogP) is 0.411. The van der Waals surface area contributed by atoms with Crippen LogP contribution in [0.15, 0.2) is 40.1 Å². The maximum atomic E-state index is 11.8. The second-order valence-corrected chi connectivity index (χ2v) is 4.45. The van der Waals surface area contributed by atoms with E-state index in [2.05, 4.69) is 10.3 Å². The Morgan fingerprint density at radius 3 is 2.80 bits per heavy atom. The molecule has 0 saturated carbocycles. The van der Waals surface area contributed by atoms with Crippen LogP contribution in [0.25, 0.3) is 0 Å². The van der Waals surface area contributed by atoms with Gasteiger partial charge in [0.25, 0.3) is 5.56 Å². The zero-order valence-corrected chi connectivity index (χ0v) is 11.0. The number of nitrogens with zero attached hydrogens (tertiary/aromatic N) is 1. The lowest BCUT2D eigenvalue weighted by Crippen LogP contribution is -2.32. The lowest BCUT2D eigenvalue weighted by molar-refractivity contribution is -0.116. The first-order valence-corrected chi connectivity index (χ1v) is 5.98. The molecule has 1 amide bonds. The van der Waals surface area contributed by atoms with Crippen molar-refractivity contribution in [3.05, 3.63) is 56.3 Å². The van der Waals surface area contributed by atoms with Gasteiger partial charge in [-0.15, -0.1) is 0 Å². The van der Waals surface area contributed by atoms with Crippen molar-refractivity contribution in [3.8, 4) is 0 Å². The number of hydrogen-bond donors (Lipinski definition) is 3. The number of anilines is 2. The monoisotopic (exact) mass is 294 g/mol. The first kappa shape index (κ1) is 13.9. The molecule has 1 aromatic heterocycles. The molecule has 0 aliphatic heterocycles. The molecule has 0 spiro atoms. The summed E-state index contributed by atoms with van der Waals surface area (Å²) >= 11 is 5.80. The van der Waals surface area contributed by atoms with Gasteiger partial charge in [-0.25, -0.2) is 4.79 Å². The van der Waals surface area contributed by atoms with E-state index in [1.807, 2.05) is 0 Å². The number of nitrogen functional groups attached to an aromatic ring is 1. The zero-order valence-electron chi connectivity index (χ0n) is 10.2. The van der Waals surface area contributed by atoms with Gasteiger partial charge in [0.2, 0.25) is 5.91 Å². The number of amides is 1. The van der Waals surface area contributed by atoms with Crippen molar-refractivity contribution in [1.29, 1.82) is 0 Å².